The predicted octanol–water partition coefficient (Wildman–Crippen LogP) is 0.366. The van der Waals surface area contributed by atoms with Gasteiger partial charge in [0.25, 0.3) is 5.56 Å². The third-order valence-electron chi connectivity index (χ3n) is 4.08. The van der Waals surface area contributed by atoms with Crippen LogP contribution in [0, 0.1) is 0 Å². The highest BCUT2D eigenvalue weighted by atomic mass is 79.9. The molecule has 0 amide bonds. The zero-order chi connectivity index (χ0) is 15.6. The van der Waals surface area contributed by atoms with Gasteiger partial charge in [-0.25, -0.2) is 4.99 Å². The van der Waals surface area contributed by atoms with Crippen molar-refractivity contribution in [1.82, 2.24) is 4.57 Å². The Morgan fingerprint density at radius 3 is 2.77 bits per heavy atom. The maximum atomic E-state index is 12.7. The molecule has 1 aromatic heterocycles. The molecule has 1 aliphatic heterocycles. The molecule has 2 aliphatic carbocycles. The zero-order valence-corrected chi connectivity index (χ0v) is 13.2. The lowest BCUT2D eigenvalue weighted by Crippen LogP contribution is -2.46. The molecule has 0 N–H and O–H groups in total. The Balaban J connectivity index is 2.22. The Morgan fingerprint density at radius 1 is 1.41 bits per heavy atom. The smallest absolute Gasteiger partial charge is 0.280 e. The molecule has 1 fully saturated rings. The van der Waals surface area contributed by atoms with Crippen molar-refractivity contribution in [1.29, 1.82) is 0 Å². The maximum Gasteiger partial charge on any atom is 0.280 e. The van der Waals surface area contributed by atoms with E-state index in [9.17, 15) is 14.4 Å². The number of carbonyl (C=O) groups excluding carboxylic acids is 2. The fourth-order valence-corrected chi connectivity index (χ4v) is 3.30. The van der Waals surface area contributed by atoms with E-state index < -0.39 is 6.23 Å². The zero-order valence-electron chi connectivity index (χ0n) is 11.6. The van der Waals surface area contributed by atoms with Gasteiger partial charge in [-0.05, 0) is 25.3 Å². The van der Waals surface area contributed by atoms with E-state index in [1.165, 1.54) is 6.08 Å². The van der Waals surface area contributed by atoms with Crippen LogP contribution in [0.2, 0.25) is 0 Å². The molecule has 0 saturated heterocycles. The molecular weight excluding hydrogens is 352 g/mol. The molecule has 0 radical (unpaired) electrons. The second-order valence-electron chi connectivity index (χ2n) is 5.56. The number of ether oxygens (including phenoxy) is 1. The molecule has 1 unspecified atom stereocenters. The highest BCUT2D eigenvalue weighted by Gasteiger charge is 2.35. The predicted molar refractivity (Wildman–Crippen MR) is 80.7 cm³/mol. The number of aldehydes is 1. The first-order valence-corrected chi connectivity index (χ1v) is 7.73. The topological polar surface area (TPSA) is 77.7 Å². The van der Waals surface area contributed by atoms with Crippen molar-refractivity contribution in [2.24, 2.45) is 4.99 Å². The third-order valence-corrected chi connectivity index (χ3v) is 4.91. The van der Waals surface area contributed by atoms with E-state index in [1.807, 2.05) is 6.92 Å². The van der Waals surface area contributed by atoms with Crippen molar-refractivity contribution >= 4 is 33.6 Å². The van der Waals surface area contributed by atoms with E-state index in [2.05, 4.69) is 20.9 Å². The van der Waals surface area contributed by atoms with E-state index in [0.717, 1.165) is 18.4 Å². The summed E-state index contributed by atoms with van der Waals surface area (Å²) in [5, 5.41) is 0.655. The summed E-state index contributed by atoms with van der Waals surface area (Å²) in [4.78, 5) is 40.2. The average molecular weight is 363 g/mol. The van der Waals surface area contributed by atoms with Crippen molar-refractivity contribution < 1.29 is 14.3 Å². The summed E-state index contributed by atoms with van der Waals surface area (Å²) >= 11 is 3.37. The minimum Gasteiger partial charge on any atom is -0.458 e. The summed E-state index contributed by atoms with van der Waals surface area (Å²) in [7, 11) is 0. The van der Waals surface area contributed by atoms with Crippen LogP contribution < -0.4 is 21.0 Å². The molecule has 0 bridgehead atoms. The molecule has 1 saturated carbocycles. The molecular formula is C15H11BrN2O4. The summed E-state index contributed by atoms with van der Waals surface area (Å²) in [5.74, 6) is -0.116. The van der Waals surface area contributed by atoms with E-state index in [1.54, 1.807) is 4.57 Å². The van der Waals surface area contributed by atoms with Gasteiger partial charge in [0.1, 0.15) is 0 Å². The van der Waals surface area contributed by atoms with Gasteiger partial charge in [-0.1, -0.05) is 15.9 Å². The van der Waals surface area contributed by atoms with Crippen LogP contribution in [0.1, 0.15) is 36.2 Å². The number of fused-ring (bicyclic) bond motifs is 3. The monoisotopic (exact) mass is 362 g/mol. The van der Waals surface area contributed by atoms with Crippen LogP contribution in [0.4, 0.5) is 0 Å². The van der Waals surface area contributed by atoms with E-state index in [-0.39, 0.29) is 28.5 Å². The van der Waals surface area contributed by atoms with Gasteiger partial charge >= 0.3 is 0 Å². The van der Waals surface area contributed by atoms with Crippen molar-refractivity contribution in [3.63, 3.8) is 0 Å². The molecule has 2 heterocycles. The number of allylic oxidation sites excluding steroid dienone is 2. The Kier molecular flexibility index (Phi) is 2.78. The molecule has 4 rings (SSSR count). The number of ketones is 1. The number of rotatable bonds is 2. The summed E-state index contributed by atoms with van der Waals surface area (Å²) < 4.78 is 7.71. The van der Waals surface area contributed by atoms with Gasteiger partial charge < -0.3 is 9.30 Å². The molecule has 112 valence electrons. The van der Waals surface area contributed by atoms with Gasteiger partial charge in [0.05, 0.1) is 10.9 Å². The number of hydrogen-bond acceptors (Lipinski definition) is 5. The second-order valence-corrected chi connectivity index (χ2v) is 6.42. The number of nitrogens with zero attached hydrogens (tertiary/aromatic N) is 2. The van der Waals surface area contributed by atoms with Crippen LogP contribution in [0.3, 0.4) is 0 Å². The minimum absolute atomic E-state index is 0.0790. The largest absolute Gasteiger partial charge is 0.458 e. The fraction of sp³-hybridized carbons (Fsp3) is 0.333. The van der Waals surface area contributed by atoms with Crippen LogP contribution in [0.5, 0.6) is 5.75 Å². The molecule has 0 spiro atoms. The Bertz CT molecular complexity index is 953. The number of pyridine rings is 1. The van der Waals surface area contributed by atoms with Gasteiger partial charge in [0, 0.05) is 16.6 Å². The summed E-state index contributed by atoms with van der Waals surface area (Å²) in [6.07, 6.45) is 2.71. The van der Waals surface area contributed by atoms with Crippen molar-refractivity contribution in [3.8, 4) is 5.75 Å². The maximum absolute atomic E-state index is 12.7. The van der Waals surface area contributed by atoms with Crippen molar-refractivity contribution in [2.75, 3.05) is 0 Å². The molecule has 7 heteroatoms. The van der Waals surface area contributed by atoms with Crippen molar-refractivity contribution in [3.05, 3.63) is 37.2 Å². The minimum atomic E-state index is -1.05. The lowest BCUT2D eigenvalue weighted by Gasteiger charge is -2.17. The average Bonchev–Trinajstić information content (AvgIpc) is 3.22. The highest BCUT2D eigenvalue weighted by Crippen LogP contribution is 2.34. The number of carbonyl (C=O) groups is 2. The summed E-state index contributed by atoms with van der Waals surface area (Å²) in [6, 6.07) is 0.0816. The molecule has 3 aliphatic rings. The quantitative estimate of drug-likeness (QED) is 0.712. The molecule has 1 aromatic rings. The number of aromatic nitrogens is 1. The normalized spacial score (nSPS) is 22.5. The first-order valence-electron chi connectivity index (χ1n) is 6.94. The van der Waals surface area contributed by atoms with Crippen LogP contribution in [0.15, 0.2) is 20.3 Å². The SMILES string of the molecule is CC1=c2c(c3c(c(=O)n2C2CC2)=NC(C=O)O3)C(=O)C=C1Br. The van der Waals surface area contributed by atoms with Crippen LogP contribution >= 0.6 is 15.9 Å². The van der Waals surface area contributed by atoms with Gasteiger partial charge in [-0.3, -0.25) is 14.4 Å². The van der Waals surface area contributed by atoms with Crippen LogP contribution in [-0.2, 0) is 4.79 Å². The van der Waals surface area contributed by atoms with E-state index in [0.29, 0.717) is 21.7 Å². The summed E-state index contributed by atoms with van der Waals surface area (Å²) in [5.41, 5.74) is 0.838. The van der Waals surface area contributed by atoms with Gasteiger partial charge in [-0.15, -0.1) is 0 Å². The lowest BCUT2D eigenvalue weighted by atomic mass is 10.0. The van der Waals surface area contributed by atoms with E-state index >= 15 is 0 Å². The number of halogens is 1. The first kappa shape index (κ1) is 13.6. The standard InChI is InChI=1S/C15H11BrN2O4/c1-6-8(16)4-9(20)11-13(6)18(7-2-3-7)15(21)12-14(11)22-10(5-19)17-12/h4-5,7,10H,2-3H2,1H3. The second kappa shape index (κ2) is 4.49. The Morgan fingerprint density at radius 2 is 2.14 bits per heavy atom. The number of hydrogen-bond donors (Lipinski definition) is 0. The van der Waals surface area contributed by atoms with Crippen molar-refractivity contribution in [2.45, 2.75) is 32.0 Å². The third kappa shape index (κ3) is 1.71. The van der Waals surface area contributed by atoms with E-state index in [4.69, 9.17) is 4.74 Å². The molecule has 0 aromatic carbocycles. The Hall–Kier alpha value is -2.02. The molecule has 1 atom stereocenters. The Labute approximate surface area is 132 Å². The first-order chi connectivity index (χ1) is 10.5. The van der Waals surface area contributed by atoms with Crippen LogP contribution in [-0.4, -0.2) is 22.9 Å². The molecule has 22 heavy (non-hydrogen) atoms. The highest BCUT2D eigenvalue weighted by molar-refractivity contribution is 9.12. The van der Waals surface area contributed by atoms with Crippen LogP contribution in [0.25, 0.3) is 5.57 Å². The molecule has 6 nitrogen and oxygen atoms in total. The lowest BCUT2D eigenvalue weighted by molar-refractivity contribution is -0.113. The fourth-order valence-electron chi connectivity index (χ4n) is 2.91. The van der Waals surface area contributed by atoms with Gasteiger partial charge in [0.15, 0.2) is 23.2 Å². The van der Waals surface area contributed by atoms with Gasteiger partial charge in [0.2, 0.25) is 6.23 Å². The van der Waals surface area contributed by atoms with Gasteiger partial charge in [-0.2, -0.15) is 0 Å². The summed E-state index contributed by atoms with van der Waals surface area (Å²) in [6.45, 7) is 1.85.